The van der Waals surface area contributed by atoms with E-state index in [9.17, 15) is 18.0 Å². The zero-order valence-corrected chi connectivity index (χ0v) is 12.3. The van der Waals surface area contributed by atoms with Gasteiger partial charge in [-0.3, -0.25) is 0 Å². The molecule has 0 radical (unpaired) electrons. The Morgan fingerprint density at radius 3 is 2.48 bits per heavy atom. The molecule has 2 rings (SSSR count). The second-order valence-electron chi connectivity index (χ2n) is 4.82. The fraction of sp³-hybridized carbons (Fsp3) is 0.188. The molecule has 2 N–H and O–H groups in total. The molecule has 0 aliphatic rings. The fourth-order valence-electron chi connectivity index (χ4n) is 1.83. The van der Waals surface area contributed by atoms with Crippen LogP contribution in [0, 0.1) is 12.7 Å². The molecule has 0 heterocycles. The standard InChI is InChI=1S/C16H15F3N2O2/c1-10-2-4-11(5-3-10)9-20-16(22)21-12-6-7-14(13(17)8-12)23-15(18)19/h2-8,15H,9H2,1H3,(H2,20,21,22). The molecule has 0 spiro atoms. The van der Waals surface area contributed by atoms with E-state index in [0.717, 1.165) is 23.3 Å². The highest BCUT2D eigenvalue weighted by Gasteiger charge is 2.11. The second kappa shape index (κ2) is 7.53. The Kier molecular flexibility index (Phi) is 5.46. The third-order valence-corrected chi connectivity index (χ3v) is 2.98. The van der Waals surface area contributed by atoms with Crippen molar-refractivity contribution in [3.63, 3.8) is 0 Å². The first-order valence-electron chi connectivity index (χ1n) is 6.79. The van der Waals surface area contributed by atoms with Crippen molar-refractivity contribution in [2.75, 3.05) is 5.32 Å². The molecule has 2 aromatic rings. The molecule has 0 aliphatic carbocycles. The largest absolute Gasteiger partial charge is 0.432 e. The highest BCUT2D eigenvalue weighted by Crippen LogP contribution is 2.22. The average molecular weight is 324 g/mol. The monoisotopic (exact) mass is 324 g/mol. The van der Waals surface area contributed by atoms with Gasteiger partial charge < -0.3 is 15.4 Å². The van der Waals surface area contributed by atoms with E-state index < -0.39 is 24.2 Å². The maximum atomic E-state index is 13.5. The molecule has 0 bridgehead atoms. The van der Waals surface area contributed by atoms with Crippen molar-refractivity contribution in [1.29, 1.82) is 0 Å². The van der Waals surface area contributed by atoms with Gasteiger partial charge in [0, 0.05) is 18.3 Å². The molecule has 0 fully saturated rings. The maximum Gasteiger partial charge on any atom is 0.387 e. The Labute approximate surface area is 131 Å². The SMILES string of the molecule is Cc1ccc(CNC(=O)Nc2ccc(OC(F)F)c(F)c2)cc1. The molecule has 0 unspecified atom stereocenters. The number of aryl methyl sites for hydroxylation is 1. The summed E-state index contributed by atoms with van der Waals surface area (Å²) >= 11 is 0. The van der Waals surface area contributed by atoms with E-state index in [1.54, 1.807) is 0 Å². The zero-order valence-electron chi connectivity index (χ0n) is 12.3. The van der Waals surface area contributed by atoms with E-state index in [1.165, 1.54) is 6.07 Å². The van der Waals surface area contributed by atoms with E-state index in [0.29, 0.717) is 6.54 Å². The van der Waals surface area contributed by atoms with Gasteiger partial charge in [-0.2, -0.15) is 8.78 Å². The summed E-state index contributed by atoms with van der Waals surface area (Å²) in [5, 5.41) is 5.02. The van der Waals surface area contributed by atoms with Crippen LogP contribution < -0.4 is 15.4 Å². The topological polar surface area (TPSA) is 50.4 Å². The summed E-state index contributed by atoms with van der Waals surface area (Å²) in [6, 6.07) is 10.3. The number of amides is 2. The molecular formula is C16H15F3N2O2. The summed E-state index contributed by atoms with van der Waals surface area (Å²) < 4.78 is 41.6. The van der Waals surface area contributed by atoms with Crippen LogP contribution in [0.25, 0.3) is 0 Å². The van der Waals surface area contributed by atoms with Gasteiger partial charge in [-0.25, -0.2) is 9.18 Å². The van der Waals surface area contributed by atoms with Crippen LogP contribution in [-0.4, -0.2) is 12.6 Å². The molecule has 4 nitrogen and oxygen atoms in total. The summed E-state index contributed by atoms with van der Waals surface area (Å²) in [5.74, 6) is -1.56. The number of rotatable bonds is 5. The minimum absolute atomic E-state index is 0.130. The molecule has 2 amide bonds. The van der Waals surface area contributed by atoms with Crippen LogP contribution in [0.5, 0.6) is 5.75 Å². The van der Waals surface area contributed by atoms with E-state index >= 15 is 0 Å². The number of carbonyl (C=O) groups excluding carboxylic acids is 1. The maximum absolute atomic E-state index is 13.5. The highest BCUT2D eigenvalue weighted by atomic mass is 19.3. The lowest BCUT2D eigenvalue weighted by molar-refractivity contribution is -0.0521. The number of carbonyl (C=O) groups is 1. The van der Waals surface area contributed by atoms with Crippen molar-refractivity contribution in [2.24, 2.45) is 0 Å². The van der Waals surface area contributed by atoms with Gasteiger partial charge >= 0.3 is 12.6 Å². The molecule has 23 heavy (non-hydrogen) atoms. The molecule has 0 aliphatic heterocycles. The van der Waals surface area contributed by atoms with Gasteiger partial charge in [-0.15, -0.1) is 0 Å². The number of alkyl halides is 2. The third kappa shape index (κ3) is 5.21. The van der Waals surface area contributed by atoms with Crippen LogP contribution in [-0.2, 0) is 6.54 Å². The van der Waals surface area contributed by atoms with E-state index in [4.69, 9.17) is 0 Å². The molecule has 7 heteroatoms. The Hall–Kier alpha value is -2.70. The molecule has 0 atom stereocenters. The molecule has 0 saturated heterocycles. The molecule has 0 saturated carbocycles. The quantitative estimate of drug-likeness (QED) is 0.871. The van der Waals surface area contributed by atoms with Crippen LogP contribution in [0.1, 0.15) is 11.1 Å². The van der Waals surface area contributed by atoms with E-state index in [1.807, 2.05) is 31.2 Å². The van der Waals surface area contributed by atoms with Gasteiger partial charge in [0.15, 0.2) is 11.6 Å². The van der Waals surface area contributed by atoms with Crippen molar-refractivity contribution in [1.82, 2.24) is 5.32 Å². The summed E-state index contributed by atoms with van der Waals surface area (Å²) in [6.45, 7) is -0.845. The summed E-state index contributed by atoms with van der Waals surface area (Å²) in [6.07, 6.45) is 0. The smallest absolute Gasteiger partial charge is 0.387 e. The van der Waals surface area contributed by atoms with Crippen LogP contribution in [0.3, 0.4) is 0 Å². The Bertz CT molecular complexity index is 676. The van der Waals surface area contributed by atoms with Crippen molar-refractivity contribution in [3.8, 4) is 5.75 Å². The lowest BCUT2D eigenvalue weighted by Gasteiger charge is -2.10. The number of hydrogen-bond donors (Lipinski definition) is 2. The minimum atomic E-state index is -3.11. The lowest BCUT2D eigenvalue weighted by Crippen LogP contribution is -2.28. The van der Waals surface area contributed by atoms with Gasteiger partial charge in [0.25, 0.3) is 0 Å². The van der Waals surface area contributed by atoms with Crippen LogP contribution in [0.4, 0.5) is 23.7 Å². The Balaban J connectivity index is 1.89. The summed E-state index contributed by atoms with van der Waals surface area (Å²) in [5.41, 5.74) is 2.16. The van der Waals surface area contributed by atoms with Crippen LogP contribution in [0.2, 0.25) is 0 Å². The number of nitrogens with one attached hydrogen (secondary N) is 2. The molecule has 0 aromatic heterocycles. The minimum Gasteiger partial charge on any atom is -0.432 e. The van der Waals surface area contributed by atoms with Crippen molar-refractivity contribution in [3.05, 3.63) is 59.4 Å². The predicted molar refractivity (Wildman–Crippen MR) is 80.1 cm³/mol. The normalized spacial score (nSPS) is 10.5. The third-order valence-electron chi connectivity index (χ3n) is 2.98. The first-order valence-corrected chi connectivity index (χ1v) is 6.79. The van der Waals surface area contributed by atoms with Gasteiger partial charge in [0.05, 0.1) is 0 Å². The first-order chi connectivity index (χ1) is 10.9. The van der Waals surface area contributed by atoms with Crippen LogP contribution in [0.15, 0.2) is 42.5 Å². The lowest BCUT2D eigenvalue weighted by atomic mass is 10.1. The zero-order chi connectivity index (χ0) is 16.8. The van der Waals surface area contributed by atoms with Crippen molar-refractivity contribution >= 4 is 11.7 Å². The van der Waals surface area contributed by atoms with Gasteiger partial charge in [0.1, 0.15) is 0 Å². The Morgan fingerprint density at radius 1 is 1.17 bits per heavy atom. The molecule has 122 valence electrons. The number of ether oxygens (including phenoxy) is 1. The first kappa shape index (κ1) is 16.7. The number of hydrogen-bond acceptors (Lipinski definition) is 2. The summed E-state index contributed by atoms with van der Waals surface area (Å²) in [7, 11) is 0. The Morgan fingerprint density at radius 2 is 1.87 bits per heavy atom. The molecular weight excluding hydrogens is 309 g/mol. The van der Waals surface area contributed by atoms with Gasteiger partial charge in [-0.05, 0) is 24.6 Å². The fourth-order valence-corrected chi connectivity index (χ4v) is 1.83. The van der Waals surface area contributed by atoms with Crippen LogP contribution >= 0.6 is 0 Å². The molecule has 2 aromatic carbocycles. The van der Waals surface area contributed by atoms with Gasteiger partial charge in [0.2, 0.25) is 0 Å². The van der Waals surface area contributed by atoms with E-state index in [-0.39, 0.29) is 5.69 Å². The highest BCUT2D eigenvalue weighted by molar-refractivity contribution is 5.89. The van der Waals surface area contributed by atoms with Crippen molar-refractivity contribution in [2.45, 2.75) is 20.1 Å². The average Bonchev–Trinajstić information content (AvgIpc) is 2.49. The number of urea groups is 1. The van der Waals surface area contributed by atoms with Crippen molar-refractivity contribution < 1.29 is 22.7 Å². The van der Waals surface area contributed by atoms with E-state index in [2.05, 4.69) is 15.4 Å². The number of anilines is 1. The predicted octanol–water partition coefficient (Wildman–Crippen LogP) is 4.06. The number of halogens is 3. The second-order valence-corrected chi connectivity index (χ2v) is 4.82. The summed E-state index contributed by atoms with van der Waals surface area (Å²) in [4.78, 5) is 11.7. The van der Waals surface area contributed by atoms with Gasteiger partial charge in [-0.1, -0.05) is 29.8 Å². The number of benzene rings is 2.